The van der Waals surface area contributed by atoms with E-state index in [2.05, 4.69) is 49.7 Å². The Labute approximate surface area is 117 Å². The summed E-state index contributed by atoms with van der Waals surface area (Å²) in [6.07, 6.45) is 6.75. The molecule has 1 unspecified atom stereocenters. The van der Waals surface area contributed by atoms with Gasteiger partial charge in [-0.1, -0.05) is 63.4 Å². The van der Waals surface area contributed by atoms with Crippen LogP contribution < -0.4 is 5.48 Å². The first-order valence-corrected chi connectivity index (χ1v) is 7.69. The van der Waals surface area contributed by atoms with Crippen LogP contribution in [0.25, 0.3) is 0 Å². The van der Waals surface area contributed by atoms with E-state index >= 15 is 0 Å². The molecule has 0 aromatic heterocycles. The fourth-order valence-corrected chi connectivity index (χ4v) is 2.87. The van der Waals surface area contributed by atoms with Crippen LogP contribution in [0.1, 0.15) is 57.6 Å². The Morgan fingerprint density at radius 1 is 1.11 bits per heavy atom. The Bertz CT molecular complexity index is 344. The third-order valence-electron chi connectivity index (χ3n) is 3.91. The Hall–Kier alpha value is -0.860. The van der Waals surface area contributed by atoms with Crippen molar-refractivity contribution in [1.82, 2.24) is 5.48 Å². The third kappa shape index (κ3) is 4.63. The van der Waals surface area contributed by atoms with Crippen LogP contribution in [-0.4, -0.2) is 6.61 Å². The minimum absolute atomic E-state index is 0.347. The summed E-state index contributed by atoms with van der Waals surface area (Å²) in [5.74, 6) is 1.28. The molecule has 1 aliphatic rings. The van der Waals surface area contributed by atoms with Crippen molar-refractivity contribution < 1.29 is 4.84 Å². The zero-order chi connectivity index (χ0) is 13.5. The lowest BCUT2D eigenvalue weighted by Gasteiger charge is -2.31. The van der Waals surface area contributed by atoms with Gasteiger partial charge in [-0.2, -0.15) is 5.48 Å². The molecule has 1 N–H and O–H groups in total. The van der Waals surface area contributed by atoms with Gasteiger partial charge in [0.2, 0.25) is 0 Å². The predicted molar refractivity (Wildman–Crippen MR) is 79.7 cm³/mol. The van der Waals surface area contributed by atoms with Crippen LogP contribution in [0.5, 0.6) is 0 Å². The second-order valence-corrected chi connectivity index (χ2v) is 6.11. The minimum Gasteiger partial charge on any atom is -0.301 e. The van der Waals surface area contributed by atoms with Crippen LogP contribution in [0, 0.1) is 11.8 Å². The Morgan fingerprint density at radius 3 is 2.42 bits per heavy atom. The molecule has 2 rings (SSSR count). The lowest BCUT2D eigenvalue weighted by Crippen LogP contribution is -2.31. The van der Waals surface area contributed by atoms with E-state index < -0.39 is 0 Å². The first-order valence-electron chi connectivity index (χ1n) is 7.69. The van der Waals surface area contributed by atoms with Gasteiger partial charge in [-0.05, 0) is 30.2 Å². The van der Waals surface area contributed by atoms with E-state index in [1.165, 1.54) is 37.7 Å². The molecule has 106 valence electrons. The molecule has 1 aromatic carbocycles. The molecule has 1 fully saturated rings. The molecule has 2 nitrogen and oxygen atoms in total. The van der Waals surface area contributed by atoms with Crippen LogP contribution in [0.15, 0.2) is 30.3 Å². The summed E-state index contributed by atoms with van der Waals surface area (Å²) in [6.45, 7) is 5.13. The molecule has 0 spiro atoms. The number of hydrogen-bond donors (Lipinski definition) is 1. The van der Waals surface area contributed by atoms with E-state index in [-0.39, 0.29) is 0 Å². The van der Waals surface area contributed by atoms with Crippen molar-refractivity contribution in [3.63, 3.8) is 0 Å². The summed E-state index contributed by atoms with van der Waals surface area (Å²) < 4.78 is 0. The summed E-state index contributed by atoms with van der Waals surface area (Å²) in [5.41, 5.74) is 4.70. The van der Waals surface area contributed by atoms with Gasteiger partial charge in [0.15, 0.2) is 0 Å². The largest absolute Gasteiger partial charge is 0.301 e. The average Bonchev–Trinajstić information content (AvgIpc) is 2.45. The topological polar surface area (TPSA) is 21.3 Å². The average molecular weight is 261 g/mol. The maximum atomic E-state index is 5.71. The van der Waals surface area contributed by atoms with Crippen molar-refractivity contribution in [2.24, 2.45) is 11.8 Å². The first-order chi connectivity index (χ1) is 9.27. The monoisotopic (exact) mass is 261 g/mol. The maximum Gasteiger partial charge on any atom is 0.0705 e. The van der Waals surface area contributed by atoms with Crippen molar-refractivity contribution in [2.45, 2.75) is 52.0 Å². The van der Waals surface area contributed by atoms with Gasteiger partial charge in [-0.3, -0.25) is 0 Å². The second kappa shape index (κ2) is 7.66. The van der Waals surface area contributed by atoms with Crippen molar-refractivity contribution in [3.8, 4) is 0 Å². The molecule has 19 heavy (non-hydrogen) atoms. The highest BCUT2D eigenvalue weighted by atomic mass is 16.6. The van der Waals surface area contributed by atoms with Gasteiger partial charge in [0.25, 0.3) is 0 Å². The Balaban J connectivity index is 2.00. The maximum absolute atomic E-state index is 5.71. The number of nitrogens with one attached hydrogen (secondary N) is 1. The van der Waals surface area contributed by atoms with Crippen LogP contribution in [0.3, 0.4) is 0 Å². The highest BCUT2D eigenvalue weighted by molar-refractivity contribution is 5.19. The van der Waals surface area contributed by atoms with E-state index in [4.69, 9.17) is 4.84 Å². The molecule has 0 saturated heterocycles. The zero-order valence-electron chi connectivity index (χ0n) is 12.3. The molecule has 0 heterocycles. The molecule has 1 atom stereocenters. The summed E-state index contributed by atoms with van der Waals surface area (Å²) in [7, 11) is 0. The van der Waals surface area contributed by atoms with Crippen molar-refractivity contribution in [2.75, 3.05) is 6.61 Å². The molecular formula is C17H27NO. The SMILES string of the molecule is CC(C)CONC(c1ccccc1)C1CCCCC1. The van der Waals surface area contributed by atoms with E-state index in [1.54, 1.807) is 0 Å². The molecule has 1 saturated carbocycles. The lowest BCUT2D eigenvalue weighted by atomic mass is 9.81. The number of benzene rings is 1. The fraction of sp³-hybridized carbons (Fsp3) is 0.647. The molecule has 1 aliphatic carbocycles. The van der Waals surface area contributed by atoms with Gasteiger partial charge in [0.1, 0.15) is 0 Å². The van der Waals surface area contributed by atoms with Gasteiger partial charge in [0, 0.05) is 0 Å². The fourth-order valence-electron chi connectivity index (χ4n) is 2.87. The summed E-state index contributed by atoms with van der Waals surface area (Å²) in [6, 6.07) is 11.1. The summed E-state index contributed by atoms with van der Waals surface area (Å²) in [4.78, 5) is 5.71. The second-order valence-electron chi connectivity index (χ2n) is 6.11. The van der Waals surface area contributed by atoms with Crippen molar-refractivity contribution in [3.05, 3.63) is 35.9 Å². The Kier molecular flexibility index (Phi) is 5.87. The highest BCUT2D eigenvalue weighted by Crippen LogP contribution is 2.34. The Morgan fingerprint density at radius 2 is 1.79 bits per heavy atom. The summed E-state index contributed by atoms with van der Waals surface area (Å²) >= 11 is 0. The van der Waals surface area contributed by atoms with Gasteiger partial charge >= 0.3 is 0 Å². The zero-order valence-corrected chi connectivity index (χ0v) is 12.3. The minimum atomic E-state index is 0.347. The lowest BCUT2D eigenvalue weighted by molar-refractivity contribution is -0.0177. The van der Waals surface area contributed by atoms with E-state index in [0.29, 0.717) is 17.9 Å². The van der Waals surface area contributed by atoms with Crippen LogP contribution >= 0.6 is 0 Å². The molecule has 0 aliphatic heterocycles. The quantitative estimate of drug-likeness (QED) is 0.762. The van der Waals surface area contributed by atoms with Crippen molar-refractivity contribution >= 4 is 0 Å². The smallest absolute Gasteiger partial charge is 0.0705 e. The standard InChI is InChI=1S/C17H27NO/c1-14(2)13-19-18-17(15-9-5-3-6-10-15)16-11-7-4-8-12-16/h3,5-6,9-10,14,16-18H,4,7-8,11-13H2,1-2H3. The molecule has 0 bridgehead atoms. The molecule has 1 aromatic rings. The van der Waals surface area contributed by atoms with E-state index in [9.17, 15) is 0 Å². The molecule has 0 radical (unpaired) electrons. The van der Waals surface area contributed by atoms with Gasteiger partial charge in [-0.15, -0.1) is 0 Å². The predicted octanol–water partition coefficient (Wildman–Crippen LogP) is 4.49. The third-order valence-corrected chi connectivity index (χ3v) is 3.91. The van der Waals surface area contributed by atoms with E-state index in [0.717, 1.165) is 6.61 Å². The number of hydroxylamine groups is 1. The van der Waals surface area contributed by atoms with Crippen LogP contribution in [0.2, 0.25) is 0 Å². The van der Waals surface area contributed by atoms with Crippen molar-refractivity contribution in [1.29, 1.82) is 0 Å². The van der Waals surface area contributed by atoms with Gasteiger partial charge in [0.05, 0.1) is 12.6 Å². The number of rotatable bonds is 6. The molecular weight excluding hydrogens is 234 g/mol. The van der Waals surface area contributed by atoms with Crippen LogP contribution in [-0.2, 0) is 4.84 Å². The molecule has 0 amide bonds. The van der Waals surface area contributed by atoms with Gasteiger partial charge in [-0.25, -0.2) is 0 Å². The molecule has 2 heteroatoms. The highest BCUT2D eigenvalue weighted by Gasteiger charge is 2.25. The summed E-state index contributed by atoms with van der Waals surface area (Å²) in [5, 5.41) is 0. The van der Waals surface area contributed by atoms with Gasteiger partial charge < -0.3 is 4.84 Å². The van der Waals surface area contributed by atoms with Crippen LogP contribution in [0.4, 0.5) is 0 Å². The van der Waals surface area contributed by atoms with E-state index in [1.807, 2.05) is 0 Å². The number of hydrogen-bond acceptors (Lipinski definition) is 2. The normalized spacial score (nSPS) is 18.7. The first kappa shape index (κ1) is 14.5.